The summed E-state index contributed by atoms with van der Waals surface area (Å²) in [6.07, 6.45) is 5.17. The second-order valence-corrected chi connectivity index (χ2v) is 8.60. The minimum Gasteiger partial charge on any atom is -0.408 e. The number of nitrogens with zero attached hydrogens (tertiary/aromatic N) is 2. The molecular formula is C24H26FN3O3. The number of halogens is 1. The Morgan fingerprint density at radius 3 is 2.74 bits per heavy atom. The maximum absolute atomic E-state index is 13.1. The van der Waals surface area contributed by atoms with Crippen LogP contribution in [-0.4, -0.2) is 41.3 Å². The maximum atomic E-state index is 13.1. The van der Waals surface area contributed by atoms with Gasteiger partial charge in [-0.05, 0) is 68.1 Å². The molecule has 1 fully saturated rings. The molecule has 6 nitrogen and oxygen atoms in total. The second-order valence-electron chi connectivity index (χ2n) is 8.60. The molecule has 31 heavy (non-hydrogen) atoms. The van der Waals surface area contributed by atoms with Crippen LogP contribution in [0.4, 0.5) is 4.39 Å². The Labute approximate surface area is 179 Å². The average Bonchev–Trinajstić information content (AvgIpc) is 3.40. The highest BCUT2D eigenvalue weighted by Gasteiger charge is 2.25. The van der Waals surface area contributed by atoms with Crippen molar-refractivity contribution in [2.24, 2.45) is 11.1 Å². The zero-order chi connectivity index (χ0) is 21.2. The molecule has 0 spiro atoms. The fourth-order valence-corrected chi connectivity index (χ4v) is 4.57. The first-order chi connectivity index (χ1) is 15.1. The van der Waals surface area contributed by atoms with Crippen LogP contribution in [-0.2, 0) is 11.3 Å². The van der Waals surface area contributed by atoms with E-state index >= 15 is 0 Å². The van der Waals surface area contributed by atoms with Crippen molar-refractivity contribution < 1.29 is 13.6 Å². The Hall–Kier alpha value is -2.93. The number of aromatic amines is 1. The number of rotatable bonds is 6. The Morgan fingerprint density at radius 1 is 1.13 bits per heavy atom. The van der Waals surface area contributed by atoms with Gasteiger partial charge in [0, 0.05) is 24.9 Å². The predicted octanol–water partition coefficient (Wildman–Crippen LogP) is 4.10. The Bertz CT molecular complexity index is 1130. The molecule has 2 aromatic carbocycles. The number of hydrogen-bond acceptors (Lipinski definition) is 5. The molecule has 0 amide bonds. The normalized spacial score (nSPS) is 20.2. The summed E-state index contributed by atoms with van der Waals surface area (Å²) in [7, 11) is 0. The van der Waals surface area contributed by atoms with Gasteiger partial charge in [-0.1, -0.05) is 23.4 Å². The third-order valence-corrected chi connectivity index (χ3v) is 6.40. The third-order valence-electron chi connectivity index (χ3n) is 6.40. The summed E-state index contributed by atoms with van der Waals surface area (Å²) in [5, 5.41) is 4.27. The molecule has 1 N–H and O–H groups in total. The van der Waals surface area contributed by atoms with E-state index in [0.29, 0.717) is 17.0 Å². The molecule has 0 bridgehead atoms. The number of oxime groups is 1. The van der Waals surface area contributed by atoms with Gasteiger partial charge in [-0.2, -0.15) is 0 Å². The molecule has 0 saturated carbocycles. The van der Waals surface area contributed by atoms with Gasteiger partial charge >= 0.3 is 5.76 Å². The van der Waals surface area contributed by atoms with E-state index in [-0.39, 0.29) is 11.9 Å². The van der Waals surface area contributed by atoms with Crippen molar-refractivity contribution in [3.63, 3.8) is 0 Å². The van der Waals surface area contributed by atoms with Crippen LogP contribution in [0.2, 0.25) is 0 Å². The number of piperidine rings is 1. The summed E-state index contributed by atoms with van der Waals surface area (Å²) < 4.78 is 18.2. The molecule has 2 aliphatic rings. The zero-order valence-electron chi connectivity index (χ0n) is 17.4. The van der Waals surface area contributed by atoms with E-state index in [4.69, 9.17) is 9.25 Å². The molecule has 0 aliphatic carbocycles. The lowest BCUT2D eigenvalue weighted by molar-refractivity contribution is 0.0644. The summed E-state index contributed by atoms with van der Waals surface area (Å²) in [5.41, 5.74) is 4.28. The van der Waals surface area contributed by atoms with Gasteiger partial charge in [-0.25, -0.2) is 9.18 Å². The summed E-state index contributed by atoms with van der Waals surface area (Å²) in [4.78, 5) is 22.2. The molecule has 162 valence electrons. The first-order valence-electron chi connectivity index (χ1n) is 10.9. The highest BCUT2D eigenvalue weighted by atomic mass is 19.1. The first-order valence-corrected chi connectivity index (χ1v) is 10.9. The number of nitrogens with one attached hydrogen (secondary N) is 1. The number of aromatic nitrogens is 1. The lowest BCUT2D eigenvalue weighted by atomic mass is 9.90. The lowest BCUT2D eigenvalue weighted by Crippen LogP contribution is -2.36. The number of hydrogen-bond donors (Lipinski definition) is 1. The van der Waals surface area contributed by atoms with Gasteiger partial charge in [0.25, 0.3) is 0 Å². The van der Waals surface area contributed by atoms with Gasteiger partial charge in [0.05, 0.1) is 11.2 Å². The van der Waals surface area contributed by atoms with Crippen molar-refractivity contribution in [3.05, 3.63) is 70.0 Å². The van der Waals surface area contributed by atoms with Gasteiger partial charge in [-0.3, -0.25) is 4.98 Å². The van der Waals surface area contributed by atoms with Crippen molar-refractivity contribution in [1.29, 1.82) is 0 Å². The molecule has 5 rings (SSSR count). The van der Waals surface area contributed by atoms with Gasteiger partial charge in [0.2, 0.25) is 0 Å². The number of benzene rings is 2. The number of likely N-dealkylation sites (tertiary alicyclic amines) is 1. The van der Waals surface area contributed by atoms with Crippen LogP contribution < -0.4 is 5.76 Å². The fraction of sp³-hybridized carbons (Fsp3) is 0.417. The van der Waals surface area contributed by atoms with Crippen molar-refractivity contribution in [3.8, 4) is 0 Å². The largest absolute Gasteiger partial charge is 0.417 e. The minimum absolute atomic E-state index is 0.0841. The van der Waals surface area contributed by atoms with Crippen LogP contribution in [0.25, 0.3) is 11.1 Å². The van der Waals surface area contributed by atoms with Crippen molar-refractivity contribution in [1.82, 2.24) is 9.88 Å². The van der Waals surface area contributed by atoms with Crippen LogP contribution in [0, 0.1) is 11.7 Å². The standard InChI is InChI=1S/C24H26FN3O3/c25-19-4-1-16(2-5-19)13-17-7-10-28(11-8-17)12-9-20-15-22(27-31-20)18-3-6-21-23(14-18)30-24(29)26-21/h1-6,14,17,20H,7-13,15H2,(H,26,29). The quantitative estimate of drug-likeness (QED) is 0.648. The molecule has 2 aliphatic heterocycles. The zero-order valence-corrected chi connectivity index (χ0v) is 17.4. The smallest absolute Gasteiger partial charge is 0.408 e. The number of oxazole rings is 1. The summed E-state index contributed by atoms with van der Waals surface area (Å²) >= 11 is 0. The molecule has 1 atom stereocenters. The van der Waals surface area contributed by atoms with E-state index in [0.717, 1.165) is 50.2 Å². The number of fused-ring (bicyclic) bond motifs is 1. The fourth-order valence-electron chi connectivity index (χ4n) is 4.57. The summed E-state index contributed by atoms with van der Waals surface area (Å²) in [5.74, 6) is 0.0512. The molecule has 3 aromatic rings. The highest BCUT2D eigenvalue weighted by Crippen LogP contribution is 2.25. The molecule has 1 aromatic heterocycles. The van der Waals surface area contributed by atoms with Crippen molar-refractivity contribution in [2.45, 2.75) is 38.2 Å². The minimum atomic E-state index is -0.448. The van der Waals surface area contributed by atoms with Gasteiger partial charge in [0.15, 0.2) is 5.58 Å². The highest BCUT2D eigenvalue weighted by molar-refractivity contribution is 6.03. The molecule has 3 heterocycles. The van der Waals surface area contributed by atoms with Gasteiger partial charge in [0.1, 0.15) is 11.9 Å². The van der Waals surface area contributed by atoms with Crippen LogP contribution in [0.1, 0.15) is 36.8 Å². The van der Waals surface area contributed by atoms with Crippen molar-refractivity contribution in [2.75, 3.05) is 19.6 Å². The van der Waals surface area contributed by atoms with Crippen LogP contribution in [0.15, 0.2) is 56.8 Å². The van der Waals surface area contributed by atoms with Crippen LogP contribution in [0.3, 0.4) is 0 Å². The van der Waals surface area contributed by atoms with Gasteiger partial charge < -0.3 is 14.2 Å². The monoisotopic (exact) mass is 423 g/mol. The molecule has 0 radical (unpaired) electrons. The average molecular weight is 423 g/mol. The maximum Gasteiger partial charge on any atom is 0.417 e. The molecule has 1 saturated heterocycles. The Kier molecular flexibility index (Phi) is 5.59. The summed E-state index contributed by atoms with van der Waals surface area (Å²) in [6, 6.07) is 12.5. The van der Waals surface area contributed by atoms with E-state index in [2.05, 4.69) is 15.0 Å². The van der Waals surface area contributed by atoms with Crippen LogP contribution >= 0.6 is 0 Å². The predicted molar refractivity (Wildman–Crippen MR) is 117 cm³/mol. The lowest BCUT2D eigenvalue weighted by Gasteiger charge is -2.32. The van der Waals surface area contributed by atoms with E-state index in [9.17, 15) is 9.18 Å². The second kappa shape index (κ2) is 8.67. The molecular weight excluding hydrogens is 397 g/mol. The van der Waals surface area contributed by atoms with Gasteiger partial charge in [-0.15, -0.1) is 0 Å². The topological polar surface area (TPSA) is 70.8 Å². The van der Waals surface area contributed by atoms with E-state index in [1.54, 1.807) is 12.1 Å². The summed E-state index contributed by atoms with van der Waals surface area (Å²) in [6.45, 7) is 3.19. The Morgan fingerprint density at radius 2 is 1.94 bits per heavy atom. The van der Waals surface area contributed by atoms with Crippen molar-refractivity contribution >= 4 is 16.8 Å². The Balaban J connectivity index is 1.07. The molecule has 7 heteroatoms. The molecule has 1 unspecified atom stereocenters. The number of H-pyrrole nitrogens is 1. The SMILES string of the molecule is O=c1[nH]c2ccc(C3=NOC(CCN4CCC(Cc5ccc(F)cc5)CC4)C3)cc2o1. The van der Waals surface area contributed by atoms with Crippen LogP contribution in [0.5, 0.6) is 0 Å². The van der Waals surface area contributed by atoms with E-state index < -0.39 is 5.76 Å². The van der Waals surface area contributed by atoms with E-state index in [1.807, 2.05) is 30.3 Å². The van der Waals surface area contributed by atoms with E-state index in [1.165, 1.54) is 18.4 Å². The first kappa shape index (κ1) is 20.0. The third kappa shape index (κ3) is 4.71.